The summed E-state index contributed by atoms with van der Waals surface area (Å²) < 4.78 is 23.6. The Labute approximate surface area is 316 Å². The minimum Gasteiger partial charge on any atom is -0.490 e. The molecule has 6 aliphatic rings. The summed E-state index contributed by atoms with van der Waals surface area (Å²) in [7, 11) is -2.94. The number of nitrogens with zero attached hydrogens (tertiary/aromatic N) is 3. The monoisotopic (exact) mass is 750 g/mol. The molecule has 2 aromatic rings. The van der Waals surface area contributed by atoms with Gasteiger partial charge in [0.25, 0.3) is 5.91 Å². The van der Waals surface area contributed by atoms with Crippen LogP contribution < -0.4 is 14.4 Å². The Balaban J connectivity index is 1.16. The molecule has 284 valence electrons. The number of hydrogen-bond donors (Lipinski definition) is 2. The zero-order valence-corrected chi connectivity index (χ0v) is 32.9. The van der Waals surface area contributed by atoms with Gasteiger partial charge in [0.2, 0.25) is 0 Å². The number of piperidine rings is 1. The molecule has 8 nitrogen and oxygen atoms in total. The smallest absolute Gasteiger partial charge is 0.262 e. The number of aryl methyl sites for hydroxylation is 1. The number of carbonyl (C=O) groups is 1. The lowest BCUT2D eigenvalue weighted by Gasteiger charge is -2.53. The number of fused-ring (bicyclic) bond motifs is 5. The minimum atomic E-state index is -2.94. The summed E-state index contributed by atoms with van der Waals surface area (Å²) in [6.45, 7) is 11.2. The predicted molar refractivity (Wildman–Crippen MR) is 212 cm³/mol. The van der Waals surface area contributed by atoms with Gasteiger partial charge < -0.3 is 14.7 Å². The first-order chi connectivity index (χ1) is 24.9. The molecule has 10 heteroatoms. The van der Waals surface area contributed by atoms with Crippen LogP contribution in [-0.2, 0) is 21.5 Å². The van der Waals surface area contributed by atoms with Crippen LogP contribution in [0.25, 0.3) is 0 Å². The Hall–Kier alpha value is -2.30. The van der Waals surface area contributed by atoms with Crippen molar-refractivity contribution in [3.05, 3.63) is 58.1 Å². The number of ether oxygens (including phenoxy) is 1. The van der Waals surface area contributed by atoms with E-state index in [0.29, 0.717) is 30.7 Å². The van der Waals surface area contributed by atoms with E-state index >= 15 is 0 Å². The molecular weight excluding hydrogens is 692 g/mol. The maximum absolute atomic E-state index is 14.0. The highest BCUT2D eigenvalue weighted by molar-refractivity contribution is 7.99. The van der Waals surface area contributed by atoms with Crippen LogP contribution in [0.4, 0.5) is 5.69 Å². The van der Waals surface area contributed by atoms with Gasteiger partial charge in [-0.25, -0.2) is 4.21 Å². The predicted octanol–water partition coefficient (Wildman–Crippen LogP) is 6.31. The lowest BCUT2D eigenvalue weighted by atomic mass is 9.62. The summed E-state index contributed by atoms with van der Waals surface area (Å²) in [5, 5.41) is 13.4. The fourth-order valence-corrected chi connectivity index (χ4v) is 12.5. The van der Waals surface area contributed by atoms with Crippen LogP contribution in [0.3, 0.4) is 0 Å². The number of benzene rings is 2. The van der Waals surface area contributed by atoms with Gasteiger partial charge >= 0.3 is 0 Å². The van der Waals surface area contributed by atoms with Crippen LogP contribution in [0.5, 0.6) is 5.75 Å². The fourth-order valence-electron chi connectivity index (χ4n) is 10.8. The molecule has 8 atom stereocenters. The molecule has 4 heterocycles. The summed E-state index contributed by atoms with van der Waals surface area (Å²) in [5.74, 6) is 5.06. The summed E-state index contributed by atoms with van der Waals surface area (Å²) >= 11 is 6.51. The Morgan fingerprint density at radius 1 is 1.00 bits per heavy atom. The molecule has 8 rings (SSSR count). The van der Waals surface area contributed by atoms with Gasteiger partial charge in [-0.15, -0.1) is 0 Å². The first-order valence-corrected chi connectivity index (χ1v) is 22.3. The molecule has 1 saturated carbocycles. The first kappa shape index (κ1) is 36.7. The number of hydrogen-bond acceptors (Lipinski definition) is 7. The van der Waals surface area contributed by atoms with Gasteiger partial charge in [-0.3, -0.25) is 19.3 Å². The summed E-state index contributed by atoms with van der Waals surface area (Å²) in [6.07, 6.45) is 11.4. The number of anilines is 1. The fraction of sp³-hybridized carbons (Fsp3) is 0.667. The Kier molecular flexibility index (Phi) is 10.2. The second-order valence-corrected chi connectivity index (χ2v) is 20.3. The highest BCUT2D eigenvalue weighted by atomic mass is 35.5. The molecule has 2 aliphatic carbocycles. The van der Waals surface area contributed by atoms with Gasteiger partial charge in [0.15, 0.2) is 0 Å². The molecule has 2 aromatic carbocycles. The van der Waals surface area contributed by atoms with Crippen LogP contribution in [0.1, 0.15) is 99.5 Å². The molecular formula is C42H59ClN4O4S. The molecule has 0 aromatic heterocycles. The SMILES string of the molecule is C=S1(=O)NC(=O)c2ccc3c(c2)N(C[C@@H]2CC[C@H]2[C@@](O)(CN2CCN4CCCC[C@H]4C2)CCC[C@H](C)[C@H]1C)C[C@@]1(CCCc2cc(Cl)ccc21)CO3. The van der Waals surface area contributed by atoms with Crippen LogP contribution in [0, 0.1) is 17.8 Å². The van der Waals surface area contributed by atoms with E-state index in [9.17, 15) is 14.1 Å². The minimum absolute atomic E-state index is 0.0748. The highest BCUT2D eigenvalue weighted by Crippen LogP contribution is 2.49. The molecule has 1 unspecified atom stereocenters. The summed E-state index contributed by atoms with van der Waals surface area (Å²) in [6, 6.07) is 12.6. The second-order valence-electron chi connectivity index (χ2n) is 17.5. The van der Waals surface area contributed by atoms with Gasteiger partial charge in [-0.05, 0) is 136 Å². The van der Waals surface area contributed by atoms with Crippen molar-refractivity contribution in [2.24, 2.45) is 17.8 Å². The lowest BCUT2D eigenvalue weighted by Crippen LogP contribution is -2.61. The van der Waals surface area contributed by atoms with Crippen LogP contribution in [0.15, 0.2) is 36.4 Å². The van der Waals surface area contributed by atoms with Gasteiger partial charge in [-0.1, -0.05) is 37.4 Å². The first-order valence-electron chi connectivity index (χ1n) is 20.1. The van der Waals surface area contributed by atoms with Crippen molar-refractivity contribution in [3.63, 3.8) is 0 Å². The van der Waals surface area contributed by atoms with Crippen molar-refractivity contribution >= 4 is 38.8 Å². The molecule has 2 saturated heterocycles. The maximum atomic E-state index is 14.0. The van der Waals surface area contributed by atoms with E-state index in [1.54, 1.807) is 6.07 Å². The summed E-state index contributed by atoms with van der Waals surface area (Å²) in [4.78, 5) is 21.5. The largest absolute Gasteiger partial charge is 0.490 e. The molecule has 1 amide bonds. The molecule has 0 radical (unpaired) electrons. The van der Waals surface area contributed by atoms with Gasteiger partial charge in [0.1, 0.15) is 5.75 Å². The lowest BCUT2D eigenvalue weighted by molar-refractivity contribution is -0.114. The number of carbonyl (C=O) groups excluding carboxylic acids is 1. The van der Waals surface area contributed by atoms with Crippen LogP contribution in [-0.4, -0.2) is 100 Å². The van der Waals surface area contributed by atoms with Gasteiger partial charge in [0, 0.05) is 66.6 Å². The third-order valence-electron chi connectivity index (χ3n) is 14.2. The quantitative estimate of drug-likeness (QED) is 0.349. The van der Waals surface area contributed by atoms with E-state index in [4.69, 9.17) is 16.3 Å². The number of amides is 1. The van der Waals surface area contributed by atoms with E-state index in [1.165, 1.54) is 36.9 Å². The number of β-amino-alcohol motifs (C(OH)–C–C–N with tert-alkyl or cyclic N) is 1. The number of piperazine rings is 1. The Morgan fingerprint density at radius 2 is 1.87 bits per heavy atom. The summed E-state index contributed by atoms with van der Waals surface area (Å²) in [5.41, 5.74) is 2.93. The van der Waals surface area contributed by atoms with Crippen molar-refractivity contribution < 1.29 is 18.8 Å². The van der Waals surface area contributed by atoms with Crippen LogP contribution in [0.2, 0.25) is 5.02 Å². The zero-order chi connectivity index (χ0) is 36.3. The van der Waals surface area contributed by atoms with Crippen molar-refractivity contribution in [2.45, 2.75) is 107 Å². The molecule has 1 spiro atoms. The van der Waals surface area contributed by atoms with Crippen molar-refractivity contribution in [2.75, 3.05) is 57.3 Å². The molecule has 4 aliphatic heterocycles. The van der Waals surface area contributed by atoms with E-state index in [-0.39, 0.29) is 28.4 Å². The molecule has 52 heavy (non-hydrogen) atoms. The third-order valence-corrected chi connectivity index (χ3v) is 16.6. The van der Waals surface area contributed by atoms with Crippen LogP contribution >= 0.6 is 11.6 Å². The third kappa shape index (κ3) is 7.02. The van der Waals surface area contributed by atoms with E-state index in [2.05, 4.69) is 44.3 Å². The maximum Gasteiger partial charge on any atom is 0.262 e. The highest BCUT2D eigenvalue weighted by Gasteiger charge is 2.50. The molecule has 2 N–H and O–H groups in total. The van der Waals surface area contributed by atoms with Gasteiger partial charge in [-0.2, -0.15) is 0 Å². The normalized spacial score (nSPS) is 37.4. The average molecular weight is 751 g/mol. The Morgan fingerprint density at radius 3 is 2.69 bits per heavy atom. The second kappa shape index (κ2) is 14.4. The number of aliphatic hydroxyl groups is 1. The van der Waals surface area contributed by atoms with E-state index in [1.807, 2.05) is 25.1 Å². The Bertz CT molecular complexity index is 1770. The molecule has 2 bridgehead atoms. The number of rotatable bonds is 2. The average Bonchev–Trinajstić information content (AvgIpc) is 3.25. The molecule has 3 fully saturated rings. The van der Waals surface area contributed by atoms with Crippen molar-refractivity contribution in [1.82, 2.24) is 14.5 Å². The van der Waals surface area contributed by atoms with Crippen molar-refractivity contribution in [1.29, 1.82) is 0 Å². The number of nitrogens with one attached hydrogen (secondary N) is 1. The van der Waals surface area contributed by atoms with Crippen molar-refractivity contribution in [3.8, 4) is 5.75 Å². The van der Waals surface area contributed by atoms with Gasteiger partial charge in [0.05, 0.1) is 27.6 Å². The number of halogens is 1. The van der Waals surface area contributed by atoms with E-state index in [0.717, 1.165) is 101 Å². The standard InChI is InChI=1S/C42H59ClN4O4S/c1-29-8-6-18-42(49,27-45-20-21-46-19-5-4-10-35(46)25-45)37-14-11-33(37)24-47-26-41(17-7-9-31-22-34(43)13-15-36(31)41)28-51-39-16-12-32(23-38(39)47)40(48)44-52(3,50)30(29)2/h12-13,15-16,22-23,29-30,33,35,37,49H,3-11,14,17-21,24-28H2,1-2H3,(H,44,48,50)/t29-,30+,33-,35-,37+,41-,42-,52?/m0/s1. The topological polar surface area (TPSA) is 85.3 Å². The zero-order valence-electron chi connectivity index (χ0n) is 31.3. The van der Waals surface area contributed by atoms with E-state index < -0.39 is 15.3 Å².